The SMILES string of the molecule is N#Cc1ccnc(N2C(=O)OC/C2=C/C(=O)N(c2cccc(F)c2)[C@H](C(=O)NC2CC(F)(F)C2)c2ccccc2Cl)c1. The molecule has 214 valence electrons. The van der Waals surface area contributed by atoms with Crippen molar-refractivity contribution in [3.63, 3.8) is 0 Å². The van der Waals surface area contributed by atoms with Crippen molar-refractivity contribution in [1.82, 2.24) is 10.3 Å². The predicted octanol–water partition coefficient (Wildman–Crippen LogP) is 5.27. The van der Waals surface area contributed by atoms with Crippen molar-refractivity contribution in [2.75, 3.05) is 16.4 Å². The zero-order valence-corrected chi connectivity index (χ0v) is 22.4. The highest BCUT2D eigenvalue weighted by molar-refractivity contribution is 6.31. The van der Waals surface area contributed by atoms with Crippen LogP contribution >= 0.6 is 11.6 Å². The maximum atomic E-state index is 14.4. The zero-order chi connectivity index (χ0) is 30.0. The molecule has 9 nitrogen and oxygen atoms in total. The number of alkyl halides is 2. The van der Waals surface area contributed by atoms with Gasteiger partial charge in [0.15, 0.2) is 0 Å². The number of ether oxygens (including phenoxy) is 1. The summed E-state index contributed by atoms with van der Waals surface area (Å²) in [6.07, 6.45) is 0.315. The maximum Gasteiger partial charge on any atom is 0.420 e. The number of benzene rings is 2. The van der Waals surface area contributed by atoms with Gasteiger partial charge in [-0.15, -0.1) is 0 Å². The molecule has 0 bridgehead atoms. The molecule has 13 heteroatoms. The van der Waals surface area contributed by atoms with Gasteiger partial charge in [0.25, 0.3) is 11.8 Å². The summed E-state index contributed by atoms with van der Waals surface area (Å²) in [5.74, 6) is -5.32. The van der Waals surface area contributed by atoms with Crippen LogP contribution in [-0.4, -0.2) is 41.5 Å². The smallest absolute Gasteiger partial charge is 0.420 e. The first-order valence-electron chi connectivity index (χ1n) is 12.6. The lowest BCUT2D eigenvalue weighted by atomic mass is 9.87. The number of carbonyl (C=O) groups excluding carboxylic acids is 3. The van der Waals surface area contributed by atoms with Crippen molar-refractivity contribution < 1.29 is 32.3 Å². The summed E-state index contributed by atoms with van der Waals surface area (Å²) in [7, 11) is 0. The number of rotatable bonds is 7. The first kappa shape index (κ1) is 28.6. The van der Waals surface area contributed by atoms with Crippen LogP contribution in [0.15, 0.2) is 78.6 Å². The van der Waals surface area contributed by atoms with Crippen molar-refractivity contribution in [1.29, 1.82) is 5.26 Å². The Labute approximate surface area is 242 Å². The minimum absolute atomic E-state index is 0.0132. The lowest BCUT2D eigenvalue weighted by molar-refractivity contribution is -0.132. The van der Waals surface area contributed by atoms with Crippen LogP contribution in [0.3, 0.4) is 0 Å². The van der Waals surface area contributed by atoms with Crippen LogP contribution in [0.2, 0.25) is 5.02 Å². The number of halogens is 4. The van der Waals surface area contributed by atoms with Crippen LogP contribution in [0.4, 0.5) is 29.5 Å². The highest BCUT2D eigenvalue weighted by Crippen LogP contribution is 2.39. The molecule has 5 rings (SSSR count). The summed E-state index contributed by atoms with van der Waals surface area (Å²) < 4.78 is 46.7. The van der Waals surface area contributed by atoms with Crippen LogP contribution in [-0.2, 0) is 14.3 Å². The number of nitrogens with one attached hydrogen (secondary N) is 1. The molecule has 1 aliphatic heterocycles. The van der Waals surface area contributed by atoms with E-state index in [1.54, 1.807) is 12.1 Å². The third-order valence-corrected chi connectivity index (χ3v) is 7.02. The number of cyclic esters (lactones) is 1. The van der Waals surface area contributed by atoms with Crippen LogP contribution < -0.4 is 15.1 Å². The molecule has 1 saturated carbocycles. The fourth-order valence-corrected chi connectivity index (χ4v) is 4.96. The van der Waals surface area contributed by atoms with E-state index in [0.717, 1.165) is 28.0 Å². The Morgan fingerprint density at radius 3 is 2.64 bits per heavy atom. The van der Waals surface area contributed by atoms with Crippen molar-refractivity contribution in [2.45, 2.75) is 30.8 Å². The molecule has 1 atom stereocenters. The van der Waals surface area contributed by atoms with Gasteiger partial charge in [0.1, 0.15) is 24.3 Å². The van der Waals surface area contributed by atoms with Gasteiger partial charge in [-0.2, -0.15) is 5.26 Å². The number of pyridine rings is 1. The number of aromatic nitrogens is 1. The maximum absolute atomic E-state index is 14.4. The molecular weight excluding hydrogens is 575 g/mol. The highest BCUT2D eigenvalue weighted by Gasteiger charge is 2.47. The fraction of sp³-hybridized carbons (Fsp3) is 0.207. The van der Waals surface area contributed by atoms with Crippen LogP contribution in [0, 0.1) is 17.1 Å². The number of anilines is 2. The van der Waals surface area contributed by atoms with E-state index in [0.29, 0.717) is 0 Å². The van der Waals surface area contributed by atoms with Crippen molar-refractivity contribution >= 4 is 41.0 Å². The Hall–Kier alpha value is -4.89. The van der Waals surface area contributed by atoms with Gasteiger partial charge in [0.05, 0.1) is 17.3 Å². The molecule has 2 aliphatic rings. The Kier molecular flexibility index (Phi) is 7.87. The normalized spacial score (nSPS) is 17.6. The molecule has 3 aromatic rings. The summed E-state index contributed by atoms with van der Waals surface area (Å²) in [4.78, 5) is 46.4. The van der Waals surface area contributed by atoms with Gasteiger partial charge in [-0.1, -0.05) is 35.9 Å². The van der Waals surface area contributed by atoms with Crippen molar-refractivity contribution in [3.05, 3.63) is 101 Å². The van der Waals surface area contributed by atoms with Gasteiger partial charge >= 0.3 is 6.09 Å². The molecule has 1 saturated heterocycles. The molecular formula is C29H21ClF3N5O4. The first-order chi connectivity index (χ1) is 20.1. The number of nitrogens with zero attached hydrogens (tertiary/aromatic N) is 4. The van der Waals surface area contributed by atoms with Crippen LogP contribution in [0.5, 0.6) is 0 Å². The summed E-state index contributed by atoms with van der Waals surface area (Å²) in [5, 5.41) is 11.9. The quantitative estimate of drug-likeness (QED) is 0.372. The summed E-state index contributed by atoms with van der Waals surface area (Å²) in [6, 6.07) is 13.3. The van der Waals surface area contributed by atoms with Gasteiger partial charge in [0.2, 0.25) is 5.91 Å². The molecule has 2 aromatic carbocycles. The average Bonchev–Trinajstić information content (AvgIpc) is 3.30. The lowest BCUT2D eigenvalue weighted by Crippen LogP contribution is -2.54. The average molecular weight is 596 g/mol. The minimum atomic E-state index is -2.92. The highest BCUT2D eigenvalue weighted by atomic mass is 35.5. The standard InChI is InChI=1S/C29H21ClF3N5O4/c30-23-7-2-1-6-22(23)26(27(40)36-19-13-29(32,33)14-19)38(20-5-3-4-18(31)11-20)25(39)12-21-16-42-28(41)37(21)24-10-17(15-34)8-9-35-24/h1-12,19,26H,13-14,16H2,(H,36,40)/b21-12-/t26-/m0/s1. The van der Waals surface area contributed by atoms with Gasteiger partial charge in [-0.25, -0.2) is 27.8 Å². The van der Waals surface area contributed by atoms with E-state index in [2.05, 4.69) is 10.3 Å². The van der Waals surface area contributed by atoms with E-state index in [4.69, 9.17) is 16.3 Å². The number of nitriles is 1. The third-order valence-electron chi connectivity index (χ3n) is 6.67. The molecule has 3 amide bonds. The third kappa shape index (κ3) is 5.91. The molecule has 2 heterocycles. The zero-order valence-electron chi connectivity index (χ0n) is 21.6. The van der Waals surface area contributed by atoms with Gasteiger partial charge in [-0.3, -0.25) is 14.5 Å². The van der Waals surface area contributed by atoms with Crippen LogP contribution in [0.25, 0.3) is 0 Å². The molecule has 42 heavy (non-hydrogen) atoms. The Balaban J connectivity index is 1.59. The molecule has 1 aliphatic carbocycles. The Morgan fingerprint density at radius 2 is 1.95 bits per heavy atom. The van der Waals surface area contributed by atoms with E-state index in [-0.39, 0.29) is 40.0 Å². The second-order valence-corrected chi connectivity index (χ2v) is 10.0. The van der Waals surface area contributed by atoms with Gasteiger partial charge in [-0.05, 0) is 36.4 Å². The Morgan fingerprint density at radius 1 is 1.19 bits per heavy atom. The number of amides is 3. The molecule has 1 aromatic heterocycles. The van der Waals surface area contributed by atoms with E-state index in [1.165, 1.54) is 42.6 Å². The van der Waals surface area contributed by atoms with Crippen molar-refractivity contribution in [3.8, 4) is 6.07 Å². The number of hydrogen-bond donors (Lipinski definition) is 1. The van der Waals surface area contributed by atoms with E-state index >= 15 is 0 Å². The first-order valence-corrected chi connectivity index (χ1v) is 13.0. The van der Waals surface area contributed by atoms with E-state index < -0.39 is 54.6 Å². The Bertz CT molecular complexity index is 1640. The number of hydrogen-bond acceptors (Lipinski definition) is 6. The van der Waals surface area contributed by atoms with E-state index in [1.807, 2.05) is 6.07 Å². The topological polar surface area (TPSA) is 116 Å². The van der Waals surface area contributed by atoms with Gasteiger partial charge < -0.3 is 10.1 Å². The molecule has 0 radical (unpaired) electrons. The second-order valence-electron chi connectivity index (χ2n) is 9.62. The molecule has 0 unspecified atom stereocenters. The predicted molar refractivity (Wildman–Crippen MR) is 145 cm³/mol. The molecule has 0 spiro atoms. The second kappa shape index (κ2) is 11.5. The van der Waals surface area contributed by atoms with Crippen LogP contribution in [0.1, 0.15) is 30.0 Å². The molecule has 1 N–H and O–H groups in total. The fourth-order valence-electron chi connectivity index (χ4n) is 4.72. The lowest BCUT2D eigenvalue weighted by Gasteiger charge is -2.38. The minimum Gasteiger partial charge on any atom is -0.442 e. The molecule has 2 fully saturated rings. The van der Waals surface area contributed by atoms with Crippen molar-refractivity contribution in [2.24, 2.45) is 0 Å². The largest absolute Gasteiger partial charge is 0.442 e. The summed E-state index contributed by atoms with van der Waals surface area (Å²) in [6.45, 7) is -0.347. The number of carbonyl (C=O) groups is 3. The summed E-state index contributed by atoms with van der Waals surface area (Å²) in [5.41, 5.74) is 0.324. The van der Waals surface area contributed by atoms with Gasteiger partial charge in [0, 0.05) is 47.4 Å². The summed E-state index contributed by atoms with van der Waals surface area (Å²) >= 11 is 6.45. The monoisotopic (exact) mass is 595 g/mol. The van der Waals surface area contributed by atoms with E-state index in [9.17, 15) is 32.8 Å².